The fraction of sp³-hybridized carbons (Fsp3) is 0.500. The maximum absolute atomic E-state index is 14.0. The van der Waals surface area contributed by atoms with Crippen molar-refractivity contribution in [1.82, 2.24) is 29.6 Å². The lowest BCUT2D eigenvalue weighted by atomic mass is 9.63. The summed E-state index contributed by atoms with van der Waals surface area (Å²) >= 11 is 12.9. The Hall–Kier alpha value is -7.34. The van der Waals surface area contributed by atoms with E-state index in [0.717, 1.165) is 86.7 Å². The highest BCUT2D eigenvalue weighted by atomic mass is 35.5. The minimum atomic E-state index is -3.99. The number of benzene rings is 4. The van der Waals surface area contributed by atoms with E-state index in [4.69, 9.17) is 47.0 Å². The van der Waals surface area contributed by atoms with Gasteiger partial charge in [0, 0.05) is 89.8 Å². The first-order valence-corrected chi connectivity index (χ1v) is 39.2. The van der Waals surface area contributed by atoms with Crippen LogP contribution in [0.4, 0.5) is 11.4 Å². The van der Waals surface area contributed by atoms with Crippen molar-refractivity contribution < 1.29 is 55.6 Å². The van der Waals surface area contributed by atoms with E-state index in [1.807, 2.05) is 76.3 Å². The third kappa shape index (κ3) is 13.7. The summed E-state index contributed by atoms with van der Waals surface area (Å²) < 4.78 is 71.8. The maximum atomic E-state index is 14.0. The molecule has 20 nitrogen and oxygen atoms in total. The van der Waals surface area contributed by atoms with Crippen LogP contribution in [-0.4, -0.2) is 138 Å². The van der Waals surface area contributed by atoms with Crippen molar-refractivity contribution >= 4 is 95.4 Å². The lowest BCUT2D eigenvalue weighted by Gasteiger charge is -2.50. The van der Waals surface area contributed by atoms with Crippen molar-refractivity contribution in [3.05, 3.63) is 159 Å². The van der Waals surface area contributed by atoms with Crippen molar-refractivity contribution in [2.75, 3.05) is 63.4 Å². The number of hydrogen-bond donors (Lipinski definition) is 2. The highest BCUT2D eigenvalue weighted by molar-refractivity contribution is 7.99. The highest BCUT2D eigenvalue weighted by Gasteiger charge is 2.52. The van der Waals surface area contributed by atoms with Crippen molar-refractivity contribution in [3.63, 3.8) is 0 Å². The molecule has 8 aliphatic rings. The number of nitrogens with one attached hydrogen (secondary N) is 2. The van der Waals surface area contributed by atoms with Gasteiger partial charge in [-0.1, -0.05) is 74.3 Å². The number of carbonyl (C=O) groups is 4. The molecule has 4 bridgehead atoms. The Morgan fingerprint density at radius 1 is 0.730 bits per heavy atom. The summed E-state index contributed by atoms with van der Waals surface area (Å²) in [5.41, 5.74) is 5.20. The van der Waals surface area contributed by atoms with Crippen LogP contribution in [0.15, 0.2) is 115 Å². The molecule has 14 rings (SSSR count). The summed E-state index contributed by atoms with van der Waals surface area (Å²) in [4.78, 5) is 69.7. The van der Waals surface area contributed by atoms with Crippen LogP contribution in [0.2, 0.25) is 10.0 Å². The van der Waals surface area contributed by atoms with E-state index in [1.165, 1.54) is 22.3 Å². The number of allylic oxidation sites excluding steroid dienone is 2. The quantitative estimate of drug-likeness (QED) is 0.0653. The van der Waals surface area contributed by atoms with Gasteiger partial charge >= 0.3 is 5.97 Å². The van der Waals surface area contributed by atoms with Gasteiger partial charge in [-0.3, -0.25) is 19.1 Å². The number of halogens is 2. The molecule has 2 spiro atoms. The molecule has 2 N–H and O–H groups in total. The van der Waals surface area contributed by atoms with Crippen LogP contribution in [0.3, 0.4) is 0 Å². The third-order valence-electron chi connectivity index (χ3n) is 23.4. The van der Waals surface area contributed by atoms with Gasteiger partial charge in [-0.15, -0.1) is 5.10 Å². The van der Waals surface area contributed by atoms with Crippen molar-refractivity contribution in [2.24, 2.45) is 35.5 Å². The molecule has 0 radical (unpaired) electrons. The van der Waals surface area contributed by atoms with Crippen molar-refractivity contribution in [3.8, 4) is 11.5 Å². The maximum Gasteiger partial charge on any atom is 0.338 e. The van der Waals surface area contributed by atoms with Gasteiger partial charge in [0.1, 0.15) is 22.6 Å². The molecule has 2 aromatic heterocycles. The summed E-state index contributed by atoms with van der Waals surface area (Å²) in [7, 11) is -3.83. The molecule has 4 aliphatic heterocycles. The van der Waals surface area contributed by atoms with Crippen molar-refractivity contribution in [2.45, 2.75) is 150 Å². The summed E-state index contributed by atoms with van der Waals surface area (Å²) in [5, 5.41) is 8.28. The molecule has 6 aromatic rings. The van der Waals surface area contributed by atoms with E-state index in [0.29, 0.717) is 96.9 Å². The first kappa shape index (κ1) is 71.1. The van der Waals surface area contributed by atoms with Crippen LogP contribution in [0.25, 0.3) is 11.2 Å². The SMILES string of the molecule is C=S1(=O)NC(=O)c2ccc3c(c2)N(C[C@@H]2CC[C@H]2[C@@](CC(=O)On2nnc4cccnc42)(OC)/C=C/C[C@H](C)[C@H]1C)C[C@@]1(CCCc2cc(Cl)ccc21)CO3.CC[C@H]1[C@@H](C)C/C=C/[C@](C=O)(OC)[C@@H]2CC[C@H]2CN2C[C@@]3(CCCc4cc(Cl)ccc43)COc3ccc(cc32)C(=O)NS1(=O)=O. The second-order valence-corrected chi connectivity index (χ2v) is 34.4. The van der Waals surface area contributed by atoms with E-state index < -0.39 is 59.2 Å². The number of aryl methyl sites for hydroxylation is 2. The number of hydrogen-bond acceptors (Lipinski definition) is 17. The molecule has 2 amide bonds. The van der Waals surface area contributed by atoms with E-state index in [1.54, 1.807) is 56.8 Å². The summed E-state index contributed by atoms with van der Waals surface area (Å²) in [6.07, 6.45) is 20.7. The zero-order valence-electron chi connectivity index (χ0n) is 57.7. The van der Waals surface area contributed by atoms with Crippen LogP contribution in [0.5, 0.6) is 11.5 Å². The number of methoxy groups -OCH3 is 2. The van der Waals surface area contributed by atoms with Crippen LogP contribution in [0, 0.1) is 35.5 Å². The molecule has 100 heavy (non-hydrogen) atoms. The number of nitrogens with zero attached hydrogens (tertiary/aromatic N) is 6. The second-order valence-electron chi connectivity index (χ2n) is 29.3. The lowest BCUT2D eigenvalue weighted by molar-refractivity contribution is -0.156. The Labute approximate surface area is 596 Å². The minimum Gasteiger partial charge on any atom is -0.490 e. The molecule has 2 saturated carbocycles. The Morgan fingerprint density at radius 2 is 1.30 bits per heavy atom. The molecule has 4 aliphatic carbocycles. The number of sulfonamides is 1. The van der Waals surface area contributed by atoms with Gasteiger partial charge in [0.25, 0.3) is 11.8 Å². The van der Waals surface area contributed by atoms with E-state index in [2.05, 4.69) is 64.7 Å². The Balaban J connectivity index is 0.000000183. The van der Waals surface area contributed by atoms with Crippen LogP contribution < -0.4 is 33.6 Å². The molecular weight excluding hydrogens is 1350 g/mol. The van der Waals surface area contributed by atoms with E-state index in [-0.39, 0.29) is 58.3 Å². The first-order chi connectivity index (χ1) is 47.9. The van der Waals surface area contributed by atoms with Gasteiger partial charge in [0.15, 0.2) is 6.29 Å². The summed E-state index contributed by atoms with van der Waals surface area (Å²) in [6, 6.07) is 26.4. The zero-order valence-corrected chi connectivity index (χ0v) is 60.8. The van der Waals surface area contributed by atoms with Crippen LogP contribution in [-0.2, 0) is 62.5 Å². The van der Waals surface area contributed by atoms with Gasteiger partial charge in [-0.25, -0.2) is 27.1 Å². The zero-order chi connectivity index (χ0) is 70.5. The largest absolute Gasteiger partial charge is 0.490 e. The average molecular weight is 1440 g/mol. The first-order valence-electron chi connectivity index (χ1n) is 35.1. The monoisotopic (exact) mass is 1440 g/mol. The van der Waals surface area contributed by atoms with Gasteiger partial charge < -0.3 is 33.6 Å². The molecular formula is C76H90Cl2N8O12S2. The molecule has 4 aromatic carbocycles. The fourth-order valence-electron chi connectivity index (χ4n) is 17.3. The number of anilines is 2. The Bertz CT molecular complexity index is 4440. The van der Waals surface area contributed by atoms with Crippen LogP contribution in [0.1, 0.15) is 148 Å². The number of amides is 2. The number of aromatic nitrogens is 4. The molecule has 6 heterocycles. The van der Waals surface area contributed by atoms with E-state index in [9.17, 15) is 31.8 Å². The van der Waals surface area contributed by atoms with Gasteiger partial charge in [0.2, 0.25) is 15.7 Å². The topological polar surface area (TPSA) is 240 Å². The van der Waals surface area contributed by atoms with Gasteiger partial charge in [0.05, 0.1) is 51.6 Å². The second kappa shape index (κ2) is 28.5. The molecule has 0 saturated heterocycles. The Morgan fingerprint density at radius 3 is 1.85 bits per heavy atom. The van der Waals surface area contributed by atoms with Crippen molar-refractivity contribution in [1.29, 1.82) is 0 Å². The normalized spacial score (nSPS) is 32.2. The van der Waals surface area contributed by atoms with E-state index >= 15 is 0 Å². The molecule has 24 heteroatoms. The number of fused-ring (bicyclic) bond motifs is 9. The smallest absolute Gasteiger partial charge is 0.338 e. The summed E-state index contributed by atoms with van der Waals surface area (Å²) in [5.74, 6) is 3.47. The Kier molecular flexibility index (Phi) is 20.2. The number of ether oxygens (including phenoxy) is 4. The molecule has 13 atom stereocenters. The van der Waals surface area contributed by atoms with Crippen LogP contribution >= 0.6 is 23.2 Å². The molecule has 532 valence electrons. The number of pyridine rings is 1. The predicted octanol–water partition coefficient (Wildman–Crippen LogP) is 11.6. The standard InChI is InChI=1S/C41H47ClN6O6S.C35H43ClN2O6S/c1-26-8-5-18-41(52-3,22-37(49)54-48-38-34(44-46-48)10-7-19-43-38)33-14-11-30(33)23-47-24-40(17-6-9-28-20-31(42)13-15-32(28)40)25-53-36-16-12-29(21-35(36)47)39(50)45-55(4,51)27(26)2;1-4-32-23(2)7-5-16-35(21-39,43-3)29-12-9-26(29)19-38-20-34(15-6-8-24-17-27(36)11-13-28(24)34)22-44-31-14-10-25(18-30(31)38)33(40)37-45(32,41)42/h5,7,10,12-13,15-16,18-21,26-27,30,33H,4,6,8-9,11,14,17,22-25H2,1-3H3,(H,45,50,51);5,10-11,13-14,16-18,21,23,26,29,32H,4,6-9,12,15,19-20,22H2,1-3H3,(H,37,40)/b18-5+;16-5+/t26-,27+,30-,33+,40-,41+,55?;23-,26-,29+,32-,34-,35+/m00/s1. The molecule has 1 unspecified atom stereocenters. The lowest BCUT2D eigenvalue weighted by Crippen LogP contribution is -2.54. The van der Waals surface area contributed by atoms with Gasteiger partial charge in [-0.2, -0.15) is 0 Å². The molecule has 2 fully saturated rings. The predicted molar refractivity (Wildman–Crippen MR) is 388 cm³/mol. The third-order valence-corrected chi connectivity index (χ3v) is 28.1. The number of rotatable bonds is 7. The number of carbonyl (C=O) groups excluding carboxylic acids is 4. The highest BCUT2D eigenvalue weighted by Crippen LogP contribution is 2.52. The van der Waals surface area contributed by atoms with Gasteiger partial charge in [-0.05, 0) is 237 Å². The fourth-order valence-corrected chi connectivity index (χ4v) is 20.9. The average Bonchev–Trinajstić information content (AvgIpc) is 1.45. The number of aldehydes is 1. The minimum absolute atomic E-state index is 0.0438. The summed E-state index contributed by atoms with van der Waals surface area (Å²) in [6.45, 7) is 11.0.